The Hall–Kier alpha value is -2.65. The SMILES string of the molecule is CC(C)(C)NC(=O)OC1CCC(Nc2nc(OCCF)c(C(N)=O)cc2F)CC1. The molecule has 1 fully saturated rings. The lowest BCUT2D eigenvalue weighted by atomic mass is 9.93. The number of amides is 2. The van der Waals surface area contributed by atoms with Crippen molar-refractivity contribution in [3.05, 3.63) is 17.4 Å². The Morgan fingerprint density at radius 2 is 1.93 bits per heavy atom. The van der Waals surface area contributed by atoms with Crippen LogP contribution in [0.15, 0.2) is 6.07 Å². The van der Waals surface area contributed by atoms with E-state index in [1.54, 1.807) is 0 Å². The number of rotatable bonds is 7. The second kappa shape index (κ2) is 9.71. The average Bonchev–Trinajstić information content (AvgIpc) is 2.61. The summed E-state index contributed by atoms with van der Waals surface area (Å²) in [5.74, 6) is -1.98. The van der Waals surface area contributed by atoms with Crippen LogP contribution in [0.25, 0.3) is 0 Å². The molecule has 10 heteroatoms. The lowest BCUT2D eigenvalue weighted by Crippen LogP contribution is -2.43. The van der Waals surface area contributed by atoms with Crippen LogP contribution in [0.4, 0.5) is 19.4 Å². The number of hydrogen-bond acceptors (Lipinski definition) is 6. The Morgan fingerprint density at radius 1 is 1.28 bits per heavy atom. The lowest BCUT2D eigenvalue weighted by Gasteiger charge is -2.30. The van der Waals surface area contributed by atoms with Crippen molar-refractivity contribution in [2.75, 3.05) is 18.6 Å². The van der Waals surface area contributed by atoms with Crippen LogP contribution in [0.1, 0.15) is 56.8 Å². The summed E-state index contributed by atoms with van der Waals surface area (Å²) in [6, 6.07) is 0.826. The van der Waals surface area contributed by atoms with Crippen LogP contribution in [0.2, 0.25) is 0 Å². The van der Waals surface area contributed by atoms with E-state index in [0.29, 0.717) is 25.7 Å². The second-order valence-electron chi connectivity index (χ2n) is 7.97. The van der Waals surface area contributed by atoms with Crippen molar-refractivity contribution in [2.24, 2.45) is 5.73 Å². The van der Waals surface area contributed by atoms with Crippen LogP contribution < -0.4 is 21.1 Å². The molecule has 1 aromatic rings. The molecule has 162 valence electrons. The molecular weight excluding hydrogens is 386 g/mol. The Balaban J connectivity index is 1.96. The number of alkyl carbamates (subject to hydrolysis) is 1. The molecule has 0 aliphatic heterocycles. The summed E-state index contributed by atoms with van der Waals surface area (Å²) in [5, 5.41) is 5.72. The molecular formula is C19H28F2N4O4. The van der Waals surface area contributed by atoms with Gasteiger partial charge < -0.3 is 25.8 Å². The maximum atomic E-state index is 14.3. The number of aromatic nitrogens is 1. The Kier molecular flexibility index (Phi) is 7.58. The number of hydrogen-bond donors (Lipinski definition) is 3. The van der Waals surface area contributed by atoms with E-state index in [1.807, 2.05) is 20.8 Å². The fraction of sp³-hybridized carbons (Fsp3) is 0.632. The first-order valence-corrected chi connectivity index (χ1v) is 9.53. The van der Waals surface area contributed by atoms with Gasteiger partial charge in [-0.05, 0) is 52.5 Å². The molecule has 8 nitrogen and oxygen atoms in total. The van der Waals surface area contributed by atoms with Gasteiger partial charge in [0.15, 0.2) is 11.6 Å². The highest BCUT2D eigenvalue weighted by Crippen LogP contribution is 2.27. The standard InChI is InChI=1S/C19H28F2N4O4/c1-19(2,3)25-18(27)29-12-6-4-11(5-7-12)23-16-14(21)10-13(15(22)26)17(24-16)28-9-8-20/h10-12H,4-9H2,1-3H3,(H2,22,26)(H,23,24)(H,25,27). The third-order valence-electron chi connectivity index (χ3n) is 4.29. The molecule has 2 amide bonds. The maximum Gasteiger partial charge on any atom is 0.407 e. The molecule has 0 saturated heterocycles. The van der Waals surface area contributed by atoms with Crippen molar-refractivity contribution in [3.63, 3.8) is 0 Å². The first-order valence-electron chi connectivity index (χ1n) is 9.53. The largest absolute Gasteiger partial charge is 0.474 e. The van der Waals surface area contributed by atoms with Gasteiger partial charge in [-0.2, -0.15) is 4.98 Å². The fourth-order valence-corrected chi connectivity index (χ4v) is 3.00. The van der Waals surface area contributed by atoms with Gasteiger partial charge >= 0.3 is 6.09 Å². The third-order valence-corrected chi connectivity index (χ3v) is 4.29. The number of halogens is 2. The zero-order valence-electron chi connectivity index (χ0n) is 16.9. The van der Waals surface area contributed by atoms with Crippen LogP contribution in [-0.2, 0) is 4.74 Å². The molecule has 1 saturated carbocycles. The minimum atomic E-state index is -0.914. The molecule has 1 aromatic heterocycles. The normalized spacial score (nSPS) is 19.3. The summed E-state index contributed by atoms with van der Waals surface area (Å²) in [4.78, 5) is 27.3. The zero-order valence-corrected chi connectivity index (χ0v) is 16.9. The quantitative estimate of drug-likeness (QED) is 0.632. The van der Waals surface area contributed by atoms with Crippen LogP contribution in [-0.4, -0.2) is 48.0 Å². The molecule has 0 spiro atoms. The Labute approximate surface area is 168 Å². The van der Waals surface area contributed by atoms with E-state index in [9.17, 15) is 18.4 Å². The van der Waals surface area contributed by atoms with Crippen molar-refractivity contribution >= 4 is 17.8 Å². The highest BCUT2D eigenvalue weighted by molar-refractivity contribution is 5.95. The van der Waals surface area contributed by atoms with Crippen molar-refractivity contribution in [1.29, 1.82) is 0 Å². The maximum absolute atomic E-state index is 14.3. The van der Waals surface area contributed by atoms with E-state index in [0.717, 1.165) is 6.07 Å². The number of primary amides is 1. The average molecular weight is 414 g/mol. The highest BCUT2D eigenvalue weighted by Gasteiger charge is 2.27. The molecule has 0 atom stereocenters. The fourth-order valence-electron chi connectivity index (χ4n) is 3.00. The predicted octanol–water partition coefficient (Wildman–Crippen LogP) is 2.92. The second-order valence-corrected chi connectivity index (χ2v) is 7.97. The molecule has 4 N–H and O–H groups in total. The van der Waals surface area contributed by atoms with Gasteiger partial charge in [0.2, 0.25) is 5.88 Å². The topological polar surface area (TPSA) is 116 Å². The van der Waals surface area contributed by atoms with Gasteiger partial charge in [0.1, 0.15) is 24.9 Å². The van der Waals surface area contributed by atoms with E-state index < -0.39 is 24.5 Å². The zero-order chi connectivity index (χ0) is 21.6. The minimum absolute atomic E-state index is 0.0984. The van der Waals surface area contributed by atoms with Crippen LogP contribution in [0.5, 0.6) is 5.88 Å². The summed E-state index contributed by atoms with van der Waals surface area (Å²) in [7, 11) is 0. The number of nitrogens with one attached hydrogen (secondary N) is 2. The summed E-state index contributed by atoms with van der Waals surface area (Å²) in [6.45, 7) is 4.49. The molecule has 1 aliphatic rings. The molecule has 2 rings (SSSR count). The number of nitrogens with two attached hydrogens (primary N) is 1. The van der Waals surface area contributed by atoms with Gasteiger partial charge in [0.05, 0.1) is 0 Å². The number of carbonyl (C=O) groups is 2. The molecule has 29 heavy (non-hydrogen) atoms. The number of carbonyl (C=O) groups excluding carboxylic acids is 2. The van der Waals surface area contributed by atoms with Crippen LogP contribution in [0, 0.1) is 5.82 Å². The smallest absolute Gasteiger partial charge is 0.407 e. The molecule has 0 unspecified atom stereocenters. The number of alkyl halides is 1. The predicted molar refractivity (Wildman–Crippen MR) is 103 cm³/mol. The highest BCUT2D eigenvalue weighted by atomic mass is 19.1. The van der Waals surface area contributed by atoms with E-state index in [1.165, 1.54) is 0 Å². The molecule has 1 heterocycles. The molecule has 0 bridgehead atoms. The van der Waals surface area contributed by atoms with E-state index in [-0.39, 0.29) is 41.6 Å². The third kappa shape index (κ3) is 7.03. The van der Waals surface area contributed by atoms with Crippen LogP contribution >= 0.6 is 0 Å². The first kappa shape index (κ1) is 22.6. The van der Waals surface area contributed by atoms with Gasteiger partial charge in [0, 0.05) is 11.6 Å². The summed E-state index contributed by atoms with van der Waals surface area (Å²) < 4.78 is 37.2. The van der Waals surface area contributed by atoms with Crippen LogP contribution in [0.3, 0.4) is 0 Å². The van der Waals surface area contributed by atoms with E-state index >= 15 is 0 Å². The minimum Gasteiger partial charge on any atom is -0.474 e. The lowest BCUT2D eigenvalue weighted by molar-refractivity contribution is 0.0681. The Bertz CT molecular complexity index is 732. The molecule has 0 radical (unpaired) electrons. The number of anilines is 1. The van der Waals surface area contributed by atoms with E-state index in [2.05, 4.69) is 15.6 Å². The van der Waals surface area contributed by atoms with Gasteiger partial charge in [-0.3, -0.25) is 4.79 Å². The van der Waals surface area contributed by atoms with Crippen molar-refractivity contribution < 1.29 is 27.8 Å². The monoisotopic (exact) mass is 414 g/mol. The van der Waals surface area contributed by atoms with Crippen molar-refractivity contribution in [2.45, 2.75) is 64.1 Å². The number of pyridine rings is 1. The number of nitrogens with zero attached hydrogens (tertiary/aromatic N) is 1. The Morgan fingerprint density at radius 3 is 2.48 bits per heavy atom. The van der Waals surface area contributed by atoms with Crippen molar-refractivity contribution in [1.82, 2.24) is 10.3 Å². The summed E-state index contributed by atoms with van der Waals surface area (Å²) in [5.41, 5.74) is 4.57. The van der Waals surface area contributed by atoms with Gasteiger partial charge in [-0.1, -0.05) is 0 Å². The van der Waals surface area contributed by atoms with Gasteiger partial charge in [0.25, 0.3) is 5.91 Å². The van der Waals surface area contributed by atoms with E-state index in [4.69, 9.17) is 15.2 Å². The summed E-state index contributed by atoms with van der Waals surface area (Å²) in [6.07, 6.45) is 1.81. The number of ether oxygens (including phenoxy) is 2. The van der Waals surface area contributed by atoms with Gasteiger partial charge in [-0.25, -0.2) is 13.6 Å². The van der Waals surface area contributed by atoms with Crippen molar-refractivity contribution in [3.8, 4) is 5.88 Å². The molecule has 1 aliphatic carbocycles. The molecule has 0 aromatic carbocycles. The summed E-state index contributed by atoms with van der Waals surface area (Å²) >= 11 is 0. The van der Waals surface area contributed by atoms with Gasteiger partial charge in [-0.15, -0.1) is 0 Å². The first-order chi connectivity index (χ1) is 13.6.